The van der Waals surface area contributed by atoms with Crippen molar-refractivity contribution < 1.29 is 9.90 Å². The maximum atomic E-state index is 12.7. The molecule has 1 aliphatic carbocycles. The molecule has 4 heteroatoms. The summed E-state index contributed by atoms with van der Waals surface area (Å²) in [4.78, 5) is 14.6. The number of carbonyl (C=O) groups excluding carboxylic acids is 1. The third-order valence-electron chi connectivity index (χ3n) is 4.02. The van der Waals surface area contributed by atoms with Gasteiger partial charge in [0.05, 0.1) is 6.61 Å². The summed E-state index contributed by atoms with van der Waals surface area (Å²) in [5.74, 6) is 0.0431. The number of aryl methyl sites for hydroxylation is 1. The molecule has 1 N–H and O–H groups in total. The highest BCUT2D eigenvalue weighted by Gasteiger charge is 2.25. The highest BCUT2D eigenvalue weighted by Crippen LogP contribution is 2.25. The van der Waals surface area contributed by atoms with Crippen LogP contribution in [-0.4, -0.2) is 35.1 Å². The Hall–Kier alpha value is -0.870. The molecule has 0 aromatic heterocycles. The van der Waals surface area contributed by atoms with Crippen LogP contribution >= 0.6 is 15.9 Å². The second kappa shape index (κ2) is 7.23. The SMILES string of the molecule is Cc1cc(C(=O)N(CCO)C2CCCCC2)ccc1Br. The summed E-state index contributed by atoms with van der Waals surface area (Å²) < 4.78 is 1.01. The van der Waals surface area contributed by atoms with Gasteiger partial charge < -0.3 is 10.0 Å². The molecule has 2 rings (SSSR count). The summed E-state index contributed by atoms with van der Waals surface area (Å²) in [6.07, 6.45) is 5.73. The lowest BCUT2D eigenvalue weighted by atomic mass is 9.93. The van der Waals surface area contributed by atoms with Crippen molar-refractivity contribution in [2.45, 2.75) is 45.1 Å². The minimum absolute atomic E-state index is 0.0255. The van der Waals surface area contributed by atoms with Gasteiger partial charge >= 0.3 is 0 Å². The van der Waals surface area contributed by atoms with E-state index in [0.29, 0.717) is 12.1 Å². The van der Waals surface area contributed by atoms with Gasteiger partial charge in [0.2, 0.25) is 0 Å². The lowest BCUT2D eigenvalue weighted by molar-refractivity contribution is 0.0585. The lowest BCUT2D eigenvalue weighted by Crippen LogP contribution is -2.43. The molecule has 1 aromatic rings. The smallest absolute Gasteiger partial charge is 0.254 e. The second-order valence-corrected chi connectivity index (χ2v) is 6.33. The second-order valence-electron chi connectivity index (χ2n) is 5.48. The molecule has 1 saturated carbocycles. The third-order valence-corrected chi connectivity index (χ3v) is 4.91. The van der Waals surface area contributed by atoms with E-state index in [2.05, 4.69) is 15.9 Å². The minimum atomic E-state index is 0.0255. The van der Waals surface area contributed by atoms with E-state index in [1.807, 2.05) is 30.0 Å². The number of nitrogens with zero attached hydrogens (tertiary/aromatic N) is 1. The number of hydrogen-bond acceptors (Lipinski definition) is 2. The standard InChI is InChI=1S/C16H22BrNO2/c1-12-11-13(7-8-15(12)17)16(20)18(9-10-19)14-5-3-2-4-6-14/h7-8,11,14,19H,2-6,9-10H2,1H3. The molecule has 0 saturated heterocycles. The number of amides is 1. The van der Waals surface area contributed by atoms with Crippen LogP contribution in [0.5, 0.6) is 0 Å². The minimum Gasteiger partial charge on any atom is -0.395 e. The van der Waals surface area contributed by atoms with E-state index in [1.165, 1.54) is 19.3 Å². The number of rotatable bonds is 4. The van der Waals surface area contributed by atoms with Crippen molar-refractivity contribution in [3.8, 4) is 0 Å². The highest BCUT2D eigenvalue weighted by molar-refractivity contribution is 9.10. The molecule has 0 heterocycles. The third kappa shape index (κ3) is 3.61. The molecule has 110 valence electrons. The zero-order valence-electron chi connectivity index (χ0n) is 11.9. The average molecular weight is 340 g/mol. The van der Waals surface area contributed by atoms with Crippen molar-refractivity contribution >= 4 is 21.8 Å². The fourth-order valence-electron chi connectivity index (χ4n) is 2.89. The van der Waals surface area contributed by atoms with Crippen LogP contribution in [0.3, 0.4) is 0 Å². The first-order valence-electron chi connectivity index (χ1n) is 7.31. The Morgan fingerprint density at radius 1 is 1.35 bits per heavy atom. The Bertz CT molecular complexity index is 470. The van der Waals surface area contributed by atoms with Gasteiger partial charge in [-0.05, 0) is 43.5 Å². The van der Waals surface area contributed by atoms with Crippen molar-refractivity contribution in [2.75, 3.05) is 13.2 Å². The predicted molar refractivity (Wildman–Crippen MR) is 83.9 cm³/mol. The van der Waals surface area contributed by atoms with E-state index in [-0.39, 0.29) is 18.6 Å². The summed E-state index contributed by atoms with van der Waals surface area (Å²) in [6, 6.07) is 5.97. The number of aliphatic hydroxyl groups excluding tert-OH is 1. The van der Waals surface area contributed by atoms with Crippen LogP contribution < -0.4 is 0 Å². The first kappa shape index (κ1) is 15.5. The van der Waals surface area contributed by atoms with Gasteiger partial charge in [0, 0.05) is 22.6 Å². The van der Waals surface area contributed by atoms with Gasteiger partial charge in [0.25, 0.3) is 5.91 Å². The number of benzene rings is 1. The van der Waals surface area contributed by atoms with Gasteiger partial charge in [-0.3, -0.25) is 4.79 Å². The molecule has 3 nitrogen and oxygen atoms in total. The van der Waals surface area contributed by atoms with E-state index >= 15 is 0 Å². The largest absolute Gasteiger partial charge is 0.395 e. The first-order valence-corrected chi connectivity index (χ1v) is 8.10. The number of aliphatic hydroxyl groups is 1. The Balaban J connectivity index is 2.18. The topological polar surface area (TPSA) is 40.5 Å². The van der Waals surface area contributed by atoms with Crippen LogP contribution in [0, 0.1) is 6.92 Å². The lowest BCUT2D eigenvalue weighted by Gasteiger charge is -2.34. The summed E-state index contributed by atoms with van der Waals surface area (Å²) in [5.41, 5.74) is 1.77. The molecule has 1 aliphatic rings. The molecular weight excluding hydrogens is 318 g/mol. The average Bonchev–Trinajstić information content (AvgIpc) is 2.48. The summed E-state index contributed by atoms with van der Waals surface area (Å²) >= 11 is 3.46. The summed E-state index contributed by atoms with van der Waals surface area (Å²) in [7, 11) is 0. The quantitative estimate of drug-likeness (QED) is 0.911. The van der Waals surface area contributed by atoms with Crippen molar-refractivity contribution in [3.63, 3.8) is 0 Å². The molecule has 1 aromatic carbocycles. The monoisotopic (exact) mass is 339 g/mol. The van der Waals surface area contributed by atoms with E-state index in [1.54, 1.807) is 0 Å². The summed E-state index contributed by atoms with van der Waals surface area (Å²) in [6.45, 7) is 2.44. The van der Waals surface area contributed by atoms with Crippen LogP contribution in [-0.2, 0) is 0 Å². The Labute approximate surface area is 129 Å². The maximum absolute atomic E-state index is 12.7. The van der Waals surface area contributed by atoms with Gasteiger partial charge in [0.15, 0.2) is 0 Å². The van der Waals surface area contributed by atoms with Gasteiger partial charge in [-0.1, -0.05) is 35.2 Å². The number of hydrogen-bond donors (Lipinski definition) is 1. The zero-order valence-corrected chi connectivity index (χ0v) is 13.5. The van der Waals surface area contributed by atoms with E-state index in [9.17, 15) is 9.90 Å². The zero-order chi connectivity index (χ0) is 14.5. The molecule has 0 atom stereocenters. The highest BCUT2D eigenvalue weighted by atomic mass is 79.9. The molecule has 0 aliphatic heterocycles. The molecule has 1 amide bonds. The molecule has 1 fully saturated rings. The first-order chi connectivity index (χ1) is 9.63. The van der Waals surface area contributed by atoms with Crippen molar-refractivity contribution in [1.29, 1.82) is 0 Å². The van der Waals surface area contributed by atoms with Crippen molar-refractivity contribution in [1.82, 2.24) is 4.90 Å². The van der Waals surface area contributed by atoms with Gasteiger partial charge in [-0.25, -0.2) is 0 Å². The van der Waals surface area contributed by atoms with E-state index in [0.717, 1.165) is 22.9 Å². The van der Waals surface area contributed by atoms with Gasteiger partial charge in [-0.15, -0.1) is 0 Å². The van der Waals surface area contributed by atoms with Crippen LogP contribution in [0.15, 0.2) is 22.7 Å². The van der Waals surface area contributed by atoms with E-state index < -0.39 is 0 Å². The predicted octanol–water partition coefficient (Wildman–Crippen LogP) is 3.52. The van der Waals surface area contributed by atoms with Crippen molar-refractivity contribution in [2.24, 2.45) is 0 Å². The fraction of sp³-hybridized carbons (Fsp3) is 0.562. The number of carbonyl (C=O) groups is 1. The molecule has 0 spiro atoms. The Kier molecular flexibility index (Phi) is 5.61. The summed E-state index contributed by atoms with van der Waals surface area (Å²) in [5, 5.41) is 9.26. The molecule has 0 unspecified atom stereocenters. The van der Waals surface area contributed by atoms with Crippen LogP contribution in [0.1, 0.15) is 48.0 Å². The van der Waals surface area contributed by atoms with Crippen LogP contribution in [0.2, 0.25) is 0 Å². The number of halogens is 1. The molecule has 0 radical (unpaired) electrons. The van der Waals surface area contributed by atoms with Gasteiger partial charge in [0.1, 0.15) is 0 Å². The Morgan fingerprint density at radius 3 is 2.65 bits per heavy atom. The fourth-order valence-corrected chi connectivity index (χ4v) is 3.14. The maximum Gasteiger partial charge on any atom is 0.254 e. The molecule has 0 bridgehead atoms. The molecule has 20 heavy (non-hydrogen) atoms. The normalized spacial score (nSPS) is 16.1. The van der Waals surface area contributed by atoms with E-state index in [4.69, 9.17) is 0 Å². The van der Waals surface area contributed by atoms with Crippen LogP contribution in [0.4, 0.5) is 0 Å². The molecular formula is C16H22BrNO2. The van der Waals surface area contributed by atoms with Crippen molar-refractivity contribution in [3.05, 3.63) is 33.8 Å². The van der Waals surface area contributed by atoms with Gasteiger partial charge in [-0.2, -0.15) is 0 Å². The van der Waals surface area contributed by atoms with Crippen LogP contribution in [0.25, 0.3) is 0 Å². The Morgan fingerprint density at radius 2 is 2.05 bits per heavy atom.